The van der Waals surface area contributed by atoms with Crippen LogP contribution in [0.15, 0.2) is 30.3 Å². The maximum atomic E-state index is 6.10. The van der Waals surface area contributed by atoms with Gasteiger partial charge in [-0.1, -0.05) is 30.3 Å². The van der Waals surface area contributed by atoms with Crippen molar-refractivity contribution in [3.05, 3.63) is 52.2 Å². The summed E-state index contributed by atoms with van der Waals surface area (Å²) >= 11 is 1.70. The molecule has 4 heteroatoms. The fourth-order valence-electron chi connectivity index (χ4n) is 2.34. The van der Waals surface area contributed by atoms with Crippen molar-refractivity contribution in [3.63, 3.8) is 0 Å². The highest BCUT2D eigenvalue weighted by atomic mass is 32.1. The molecule has 0 aliphatic heterocycles. The van der Waals surface area contributed by atoms with Crippen molar-refractivity contribution in [2.24, 2.45) is 0 Å². The second kappa shape index (κ2) is 5.21. The maximum absolute atomic E-state index is 6.10. The van der Waals surface area contributed by atoms with Crippen molar-refractivity contribution in [1.82, 2.24) is 9.97 Å². The number of nitrogen functional groups attached to an aromatic ring is 1. The minimum atomic E-state index is 0.611. The van der Waals surface area contributed by atoms with Gasteiger partial charge in [-0.3, -0.25) is 0 Å². The molecule has 2 heterocycles. The molecule has 2 aromatic heterocycles. The molecule has 0 unspecified atom stereocenters. The molecule has 0 bridgehead atoms. The van der Waals surface area contributed by atoms with Crippen LogP contribution >= 0.6 is 11.3 Å². The van der Waals surface area contributed by atoms with Crippen molar-refractivity contribution in [3.8, 4) is 0 Å². The van der Waals surface area contributed by atoms with Crippen LogP contribution in [0.3, 0.4) is 0 Å². The van der Waals surface area contributed by atoms with Crippen molar-refractivity contribution in [2.45, 2.75) is 26.7 Å². The van der Waals surface area contributed by atoms with Crippen molar-refractivity contribution < 1.29 is 0 Å². The minimum absolute atomic E-state index is 0.611. The molecule has 102 valence electrons. The third kappa shape index (κ3) is 2.39. The SMILES string of the molecule is Cc1sc2nc(CCc3ccccc3)nc(N)c2c1C. The normalized spacial score (nSPS) is 11.1. The lowest BCUT2D eigenvalue weighted by molar-refractivity contribution is 0.874. The third-order valence-electron chi connectivity index (χ3n) is 3.58. The Bertz CT molecular complexity index is 747. The summed E-state index contributed by atoms with van der Waals surface area (Å²) in [6.45, 7) is 4.18. The van der Waals surface area contributed by atoms with E-state index in [4.69, 9.17) is 5.73 Å². The van der Waals surface area contributed by atoms with E-state index in [0.717, 1.165) is 28.9 Å². The first-order valence-electron chi connectivity index (χ1n) is 6.71. The summed E-state index contributed by atoms with van der Waals surface area (Å²) in [7, 11) is 0. The monoisotopic (exact) mass is 283 g/mol. The van der Waals surface area contributed by atoms with E-state index in [2.05, 4.69) is 48.1 Å². The van der Waals surface area contributed by atoms with Crippen molar-refractivity contribution in [1.29, 1.82) is 0 Å². The second-order valence-electron chi connectivity index (χ2n) is 4.97. The van der Waals surface area contributed by atoms with Gasteiger partial charge in [0.15, 0.2) is 0 Å². The topological polar surface area (TPSA) is 51.8 Å². The number of benzene rings is 1. The van der Waals surface area contributed by atoms with Gasteiger partial charge >= 0.3 is 0 Å². The molecule has 0 aliphatic rings. The van der Waals surface area contributed by atoms with Crippen LogP contribution in [0.4, 0.5) is 5.82 Å². The average molecular weight is 283 g/mol. The average Bonchev–Trinajstić information content (AvgIpc) is 2.73. The van der Waals surface area contributed by atoms with E-state index in [1.165, 1.54) is 16.0 Å². The molecule has 2 N–H and O–H groups in total. The van der Waals surface area contributed by atoms with Gasteiger partial charge in [-0.15, -0.1) is 11.3 Å². The molecule has 0 saturated carbocycles. The summed E-state index contributed by atoms with van der Waals surface area (Å²) < 4.78 is 0. The van der Waals surface area contributed by atoms with Crippen LogP contribution in [0, 0.1) is 13.8 Å². The number of hydrogen-bond acceptors (Lipinski definition) is 4. The molecular weight excluding hydrogens is 266 g/mol. The molecule has 0 spiro atoms. The molecule has 0 amide bonds. The van der Waals surface area contributed by atoms with E-state index in [1.807, 2.05) is 6.07 Å². The molecule has 1 aromatic carbocycles. The first-order chi connectivity index (χ1) is 9.65. The minimum Gasteiger partial charge on any atom is -0.383 e. The molecule has 0 aliphatic carbocycles. The number of anilines is 1. The third-order valence-corrected chi connectivity index (χ3v) is 4.68. The fourth-order valence-corrected chi connectivity index (χ4v) is 3.40. The number of aromatic nitrogens is 2. The zero-order valence-electron chi connectivity index (χ0n) is 11.7. The summed E-state index contributed by atoms with van der Waals surface area (Å²) in [5.74, 6) is 1.44. The number of fused-ring (bicyclic) bond motifs is 1. The molecule has 3 nitrogen and oxygen atoms in total. The number of nitrogens with two attached hydrogens (primary N) is 1. The van der Waals surface area contributed by atoms with Crippen LogP contribution in [0.1, 0.15) is 21.8 Å². The highest BCUT2D eigenvalue weighted by Crippen LogP contribution is 2.31. The highest BCUT2D eigenvalue weighted by molar-refractivity contribution is 7.18. The van der Waals surface area contributed by atoms with E-state index in [9.17, 15) is 0 Å². The van der Waals surface area contributed by atoms with Gasteiger partial charge in [-0.05, 0) is 31.4 Å². The standard InChI is InChI=1S/C16H17N3S/c1-10-11(2)20-16-14(10)15(17)18-13(19-16)9-8-12-6-4-3-5-7-12/h3-7H,8-9H2,1-2H3,(H2,17,18,19). The molecule has 0 fully saturated rings. The Kier molecular flexibility index (Phi) is 3.40. The summed E-state index contributed by atoms with van der Waals surface area (Å²) in [6.07, 6.45) is 1.76. The molecule has 3 aromatic rings. The van der Waals surface area contributed by atoms with Crippen LogP contribution in [0.25, 0.3) is 10.2 Å². The lowest BCUT2D eigenvalue weighted by Crippen LogP contribution is -2.02. The fraction of sp³-hybridized carbons (Fsp3) is 0.250. The Balaban J connectivity index is 1.89. The van der Waals surface area contributed by atoms with Crippen LogP contribution in [0.2, 0.25) is 0 Å². The van der Waals surface area contributed by atoms with E-state index >= 15 is 0 Å². The Labute approximate surface area is 122 Å². The Morgan fingerprint density at radius 3 is 2.55 bits per heavy atom. The molecule has 3 rings (SSSR count). The Morgan fingerprint density at radius 1 is 1.05 bits per heavy atom. The van der Waals surface area contributed by atoms with Crippen LogP contribution in [-0.2, 0) is 12.8 Å². The summed E-state index contributed by atoms with van der Waals surface area (Å²) in [4.78, 5) is 11.4. The number of aryl methyl sites for hydroxylation is 4. The highest BCUT2D eigenvalue weighted by Gasteiger charge is 2.12. The Morgan fingerprint density at radius 2 is 1.80 bits per heavy atom. The summed E-state index contributed by atoms with van der Waals surface area (Å²) in [5, 5.41) is 1.02. The zero-order chi connectivity index (χ0) is 14.1. The number of nitrogens with zero attached hydrogens (tertiary/aromatic N) is 2. The van der Waals surface area contributed by atoms with Crippen molar-refractivity contribution in [2.75, 3.05) is 5.73 Å². The molecule has 0 saturated heterocycles. The van der Waals surface area contributed by atoms with E-state index in [0.29, 0.717) is 5.82 Å². The van der Waals surface area contributed by atoms with Gasteiger partial charge in [0.05, 0.1) is 5.39 Å². The molecular formula is C16H17N3S. The summed E-state index contributed by atoms with van der Waals surface area (Å²) in [5.41, 5.74) is 8.60. The quantitative estimate of drug-likeness (QED) is 0.798. The summed E-state index contributed by atoms with van der Waals surface area (Å²) in [6, 6.07) is 10.4. The predicted molar refractivity (Wildman–Crippen MR) is 85.2 cm³/mol. The van der Waals surface area contributed by atoms with Gasteiger partial charge < -0.3 is 5.73 Å². The van der Waals surface area contributed by atoms with E-state index in [1.54, 1.807) is 11.3 Å². The molecule has 0 radical (unpaired) electrons. The van der Waals surface area contributed by atoms with Gasteiger partial charge in [0.2, 0.25) is 0 Å². The van der Waals surface area contributed by atoms with Gasteiger partial charge in [-0.2, -0.15) is 0 Å². The van der Waals surface area contributed by atoms with Gasteiger partial charge in [0.25, 0.3) is 0 Å². The first kappa shape index (κ1) is 13.1. The zero-order valence-corrected chi connectivity index (χ0v) is 12.5. The Hall–Kier alpha value is -1.94. The number of thiophene rings is 1. The van der Waals surface area contributed by atoms with Gasteiger partial charge in [0, 0.05) is 11.3 Å². The predicted octanol–water partition coefficient (Wildman–Crippen LogP) is 3.68. The van der Waals surface area contributed by atoms with E-state index < -0.39 is 0 Å². The van der Waals surface area contributed by atoms with Crippen molar-refractivity contribution >= 4 is 27.4 Å². The number of rotatable bonds is 3. The van der Waals surface area contributed by atoms with E-state index in [-0.39, 0.29) is 0 Å². The van der Waals surface area contributed by atoms with Crippen LogP contribution in [0.5, 0.6) is 0 Å². The smallest absolute Gasteiger partial charge is 0.136 e. The van der Waals surface area contributed by atoms with Crippen LogP contribution in [-0.4, -0.2) is 9.97 Å². The maximum Gasteiger partial charge on any atom is 0.136 e. The van der Waals surface area contributed by atoms with Gasteiger partial charge in [0.1, 0.15) is 16.5 Å². The largest absolute Gasteiger partial charge is 0.383 e. The number of hydrogen-bond donors (Lipinski definition) is 1. The van der Waals surface area contributed by atoms with Crippen LogP contribution < -0.4 is 5.73 Å². The lowest BCUT2D eigenvalue weighted by Gasteiger charge is -2.03. The first-order valence-corrected chi connectivity index (χ1v) is 7.53. The van der Waals surface area contributed by atoms with Gasteiger partial charge in [-0.25, -0.2) is 9.97 Å². The molecule has 20 heavy (non-hydrogen) atoms. The molecule has 0 atom stereocenters. The second-order valence-corrected chi connectivity index (χ2v) is 6.18. The lowest BCUT2D eigenvalue weighted by atomic mass is 10.1.